The third-order valence-electron chi connectivity index (χ3n) is 3.88. The first kappa shape index (κ1) is 16.1. The van der Waals surface area contributed by atoms with Gasteiger partial charge in [0.25, 0.3) is 5.91 Å². The lowest BCUT2D eigenvalue weighted by atomic mass is 10.2. The van der Waals surface area contributed by atoms with Gasteiger partial charge in [-0.25, -0.2) is 0 Å². The lowest BCUT2D eigenvalue weighted by Crippen LogP contribution is -2.30. The molecule has 0 spiro atoms. The minimum absolute atomic E-state index is 0.0210. The second-order valence-electron chi connectivity index (χ2n) is 5.63. The van der Waals surface area contributed by atoms with Crippen molar-refractivity contribution in [3.8, 4) is 11.5 Å². The second-order valence-corrected chi connectivity index (χ2v) is 5.63. The molecule has 4 nitrogen and oxygen atoms in total. The molecule has 0 N–H and O–H groups in total. The van der Waals surface area contributed by atoms with E-state index in [1.165, 1.54) is 0 Å². The van der Waals surface area contributed by atoms with Crippen molar-refractivity contribution in [3.05, 3.63) is 60.2 Å². The molecule has 0 unspecified atom stereocenters. The molecule has 0 aromatic heterocycles. The Morgan fingerprint density at radius 2 is 1.92 bits per heavy atom. The number of hydrogen-bond donors (Lipinski definition) is 0. The molecule has 2 aromatic rings. The van der Waals surface area contributed by atoms with Gasteiger partial charge in [-0.05, 0) is 42.3 Å². The van der Waals surface area contributed by atoms with Gasteiger partial charge in [0.2, 0.25) is 6.79 Å². The van der Waals surface area contributed by atoms with Crippen LogP contribution in [-0.4, -0.2) is 19.2 Å². The maximum absolute atomic E-state index is 12.6. The van der Waals surface area contributed by atoms with E-state index in [0.29, 0.717) is 6.54 Å². The van der Waals surface area contributed by atoms with E-state index in [9.17, 15) is 4.79 Å². The number of fused-ring (bicyclic) bond motifs is 1. The van der Waals surface area contributed by atoms with Crippen LogP contribution >= 0.6 is 0 Å². The maximum Gasteiger partial charge on any atom is 0.250 e. The molecular formula is C20H21NO3. The predicted octanol–water partition coefficient (Wildman–Crippen LogP) is 4.26. The molecule has 0 bridgehead atoms. The van der Waals surface area contributed by atoms with Crippen LogP contribution in [0.25, 0.3) is 6.08 Å². The van der Waals surface area contributed by atoms with Crippen molar-refractivity contribution in [1.29, 1.82) is 0 Å². The minimum Gasteiger partial charge on any atom is -0.454 e. The van der Waals surface area contributed by atoms with Crippen LogP contribution in [0.5, 0.6) is 11.5 Å². The van der Waals surface area contributed by atoms with Crippen molar-refractivity contribution in [3.63, 3.8) is 0 Å². The van der Waals surface area contributed by atoms with Crippen LogP contribution in [0, 0.1) is 0 Å². The molecule has 0 radical (unpaired) electrons. The first-order valence-electron chi connectivity index (χ1n) is 8.22. The van der Waals surface area contributed by atoms with Gasteiger partial charge in [0, 0.05) is 18.3 Å². The van der Waals surface area contributed by atoms with E-state index >= 15 is 0 Å². The number of rotatable bonds is 6. The van der Waals surface area contributed by atoms with Gasteiger partial charge >= 0.3 is 0 Å². The van der Waals surface area contributed by atoms with Crippen LogP contribution in [0.2, 0.25) is 0 Å². The number of unbranched alkanes of at least 4 members (excludes halogenated alkanes) is 1. The molecule has 0 saturated heterocycles. The fourth-order valence-corrected chi connectivity index (χ4v) is 2.56. The number of anilines is 1. The van der Waals surface area contributed by atoms with E-state index in [1.807, 2.05) is 59.5 Å². The third-order valence-corrected chi connectivity index (χ3v) is 3.88. The first-order valence-corrected chi connectivity index (χ1v) is 8.22. The van der Waals surface area contributed by atoms with Crippen molar-refractivity contribution in [2.45, 2.75) is 19.8 Å². The van der Waals surface area contributed by atoms with Crippen molar-refractivity contribution in [1.82, 2.24) is 0 Å². The molecule has 2 aromatic carbocycles. The Labute approximate surface area is 142 Å². The highest BCUT2D eigenvalue weighted by Crippen LogP contribution is 2.32. The van der Waals surface area contributed by atoms with E-state index in [0.717, 1.165) is 35.6 Å². The first-order chi connectivity index (χ1) is 11.8. The van der Waals surface area contributed by atoms with Gasteiger partial charge in [0.1, 0.15) is 0 Å². The molecule has 1 heterocycles. The monoisotopic (exact) mass is 323 g/mol. The van der Waals surface area contributed by atoms with Crippen molar-refractivity contribution >= 4 is 17.7 Å². The van der Waals surface area contributed by atoms with Crippen LogP contribution in [0.15, 0.2) is 54.6 Å². The summed E-state index contributed by atoms with van der Waals surface area (Å²) < 4.78 is 10.7. The number of carbonyl (C=O) groups excluding carboxylic acids is 1. The number of nitrogens with zero attached hydrogens (tertiary/aromatic N) is 1. The molecule has 4 heteroatoms. The molecule has 0 atom stereocenters. The Hall–Kier alpha value is -2.75. The normalized spacial score (nSPS) is 12.5. The largest absolute Gasteiger partial charge is 0.454 e. The number of amides is 1. The van der Waals surface area contributed by atoms with Gasteiger partial charge < -0.3 is 14.4 Å². The van der Waals surface area contributed by atoms with E-state index in [-0.39, 0.29) is 12.7 Å². The van der Waals surface area contributed by atoms with E-state index in [1.54, 1.807) is 6.08 Å². The summed E-state index contributed by atoms with van der Waals surface area (Å²) >= 11 is 0. The Kier molecular flexibility index (Phi) is 5.16. The zero-order valence-corrected chi connectivity index (χ0v) is 13.8. The van der Waals surface area contributed by atoms with E-state index in [2.05, 4.69) is 6.92 Å². The second kappa shape index (κ2) is 7.68. The molecule has 24 heavy (non-hydrogen) atoms. The van der Waals surface area contributed by atoms with Crippen LogP contribution in [-0.2, 0) is 4.79 Å². The third kappa shape index (κ3) is 3.77. The van der Waals surface area contributed by atoms with Crippen LogP contribution in [0.3, 0.4) is 0 Å². The molecule has 0 aliphatic carbocycles. The summed E-state index contributed by atoms with van der Waals surface area (Å²) in [5, 5.41) is 0. The summed E-state index contributed by atoms with van der Waals surface area (Å²) in [5.74, 6) is 1.44. The summed E-state index contributed by atoms with van der Waals surface area (Å²) in [7, 11) is 0. The number of para-hydroxylation sites is 1. The van der Waals surface area contributed by atoms with Crippen molar-refractivity contribution in [2.24, 2.45) is 0 Å². The van der Waals surface area contributed by atoms with E-state index in [4.69, 9.17) is 9.47 Å². The Morgan fingerprint density at radius 3 is 2.71 bits per heavy atom. The van der Waals surface area contributed by atoms with Crippen LogP contribution in [0.4, 0.5) is 5.69 Å². The minimum atomic E-state index is -0.0210. The number of carbonyl (C=O) groups is 1. The maximum atomic E-state index is 12.6. The molecule has 0 saturated carbocycles. The van der Waals surface area contributed by atoms with Crippen molar-refractivity contribution < 1.29 is 14.3 Å². The molecule has 3 rings (SSSR count). The van der Waals surface area contributed by atoms with Crippen molar-refractivity contribution in [2.75, 3.05) is 18.2 Å². The molecule has 1 amide bonds. The summed E-state index contributed by atoms with van der Waals surface area (Å²) in [5.41, 5.74) is 1.84. The standard InChI is InChI=1S/C20H21NO3/c1-2-3-13-21(17-7-5-4-6-8-17)20(22)12-10-16-9-11-18-19(14-16)24-15-23-18/h4-12,14H,2-3,13,15H2,1H3. The zero-order valence-electron chi connectivity index (χ0n) is 13.8. The molecule has 124 valence electrons. The highest BCUT2D eigenvalue weighted by Gasteiger charge is 2.14. The van der Waals surface area contributed by atoms with Crippen LogP contribution in [0.1, 0.15) is 25.3 Å². The fraction of sp³-hybridized carbons (Fsp3) is 0.250. The quantitative estimate of drug-likeness (QED) is 0.746. The van der Waals surface area contributed by atoms with Gasteiger partial charge in [-0.1, -0.05) is 37.6 Å². The lowest BCUT2D eigenvalue weighted by Gasteiger charge is -2.21. The van der Waals surface area contributed by atoms with Gasteiger partial charge in [-0.15, -0.1) is 0 Å². The Morgan fingerprint density at radius 1 is 1.12 bits per heavy atom. The highest BCUT2D eigenvalue weighted by atomic mass is 16.7. The number of hydrogen-bond acceptors (Lipinski definition) is 3. The predicted molar refractivity (Wildman–Crippen MR) is 95.3 cm³/mol. The molecule has 0 fully saturated rings. The van der Waals surface area contributed by atoms with Gasteiger partial charge in [0.05, 0.1) is 0 Å². The van der Waals surface area contributed by atoms with E-state index < -0.39 is 0 Å². The van der Waals surface area contributed by atoms with Crippen LogP contribution < -0.4 is 14.4 Å². The summed E-state index contributed by atoms with van der Waals surface area (Å²) in [6, 6.07) is 15.4. The summed E-state index contributed by atoms with van der Waals surface area (Å²) in [6.07, 6.45) is 5.44. The van der Waals surface area contributed by atoms with Gasteiger partial charge in [-0.2, -0.15) is 0 Å². The fourth-order valence-electron chi connectivity index (χ4n) is 2.56. The Bertz CT molecular complexity index is 725. The molecule has 1 aliphatic heterocycles. The average Bonchev–Trinajstić information content (AvgIpc) is 3.09. The number of ether oxygens (including phenoxy) is 2. The smallest absolute Gasteiger partial charge is 0.250 e. The summed E-state index contributed by atoms with van der Waals surface area (Å²) in [4.78, 5) is 14.5. The molecular weight excluding hydrogens is 302 g/mol. The highest BCUT2D eigenvalue weighted by molar-refractivity contribution is 6.03. The molecule has 1 aliphatic rings. The SMILES string of the molecule is CCCCN(C(=O)C=Cc1ccc2c(c1)OCO2)c1ccccc1. The summed E-state index contributed by atoms with van der Waals surface area (Å²) in [6.45, 7) is 3.08. The lowest BCUT2D eigenvalue weighted by molar-refractivity contribution is -0.114. The average molecular weight is 323 g/mol. The topological polar surface area (TPSA) is 38.8 Å². The van der Waals surface area contributed by atoms with Gasteiger partial charge in [0.15, 0.2) is 11.5 Å². The van der Waals surface area contributed by atoms with Gasteiger partial charge in [-0.3, -0.25) is 4.79 Å². The number of benzene rings is 2. The Balaban J connectivity index is 1.75. The zero-order chi connectivity index (χ0) is 16.8.